The van der Waals surface area contributed by atoms with Crippen molar-refractivity contribution in [3.8, 4) is 0 Å². The summed E-state index contributed by atoms with van der Waals surface area (Å²) in [6.45, 7) is 1.96. The third kappa shape index (κ3) is 2.80. The van der Waals surface area contributed by atoms with Crippen LogP contribution in [0.5, 0.6) is 0 Å². The molecule has 0 amide bonds. The summed E-state index contributed by atoms with van der Waals surface area (Å²) in [5, 5.41) is 11.0. The molecular weight excluding hydrogens is 257 g/mol. The molecule has 1 aliphatic carbocycles. The van der Waals surface area contributed by atoms with E-state index < -0.39 is 23.0 Å². The molecule has 1 aliphatic heterocycles. The van der Waals surface area contributed by atoms with Gasteiger partial charge in [0.25, 0.3) is 0 Å². The van der Waals surface area contributed by atoms with E-state index in [1.807, 2.05) is 19.1 Å². The van der Waals surface area contributed by atoms with Gasteiger partial charge >= 0.3 is 18.9 Å². The Morgan fingerprint density at radius 2 is 1.89 bits per heavy atom. The summed E-state index contributed by atoms with van der Waals surface area (Å²) in [5.41, 5.74) is 1.09. The molecule has 0 radical (unpaired) electrons. The number of carboxylic acid groups (broad SMARTS) is 1. The van der Waals surface area contributed by atoms with Crippen molar-refractivity contribution in [2.24, 2.45) is 5.92 Å². The van der Waals surface area contributed by atoms with Crippen LogP contribution in [0.15, 0.2) is 29.2 Å². The van der Waals surface area contributed by atoms with Gasteiger partial charge < -0.3 is 9.90 Å². The molecule has 2 fully saturated rings. The zero-order chi connectivity index (χ0) is 12.9. The molecule has 96 valence electrons. The molecule has 0 N–H and O–H groups in total. The molecular formula is C13H14LiNO3S. The number of carbonyl (C=O) groups is 1. The van der Waals surface area contributed by atoms with Gasteiger partial charge in [-0.25, -0.2) is 8.51 Å². The van der Waals surface area contributed by atoms with Gasteiger partial charge in [0.05, 0.1) is 16.9 Å². The Labute approximate surface area is 126 Å². The minimum atomic E-state index is -1.38. The topological polar surface area (TPSA) is 60.2 Å². The molecule has 6 heteroatoms. The number of hydrogen-bond donors (Lipinski definition) is 0. The van der Waals surface area contributed by atoms with Crippen molar-refractivity contribution in [2.75, 3.05) is 0 Å². The van der Waals surface area contributed by atoms with E-state index in [0.717, 1.165) is 18.4 Å². The van der Waals surface area contributed by atoms with Gasteiger partial charge in [-0.1, -0.05) is 17.7 Å². The van der Waals surface area contributed by atoms with Crippen molar-refractivity contribution >= 4 is 17.0 Å². The van der Waals surface area contributed by atoms with Crippen LogP contribution in [-0.4, -0.2) is 26.6 Å². The van der Waals surface area contributed by atoms with Crippen LogP contribution in [0.25, 0.3) is 0 Å². The first kappa shape index (κ1) is 14.8. The van der Waals surface area contributed by atoms with E-state index in [4.69, 9.17) is 0 Å². The Kier molecular flexibility index (Phi) is 4.22. The maximum absolute atomic E-state index is 12.3. The summed E-state index contributed by atoms with van der Waals surface area (Å²) in [7, 11) is -1.38. The summed E-state index contributed by atoms with van der Waals surface area (Å²) in [6, 6.07) is 6.60. The van der Waals surface area contributed by atoms with E-state index in [0.29, 0.717) is 10.8 Å². The smallest absolute Gasteiger partial charge is 0.548 e. The number of nitrogens with zero attached hydrogens (tertiary/aromatic N) is 1. The number of rotatable bonds is 4. The summed E-state index contributed by atoms with van der Waals surface area (Å²) < 4.78 is 13.9. The fraction of sp³-hybridized carbons (Fsp3) is 0.462. The standard InChI is InChI=1S/C13H15NO3S.Li/c1-8-2-6-10(7-3-8)18(17)14-11(9-4-5-9)12(14)13(15)16;/h2-3,6-7,9,11-12H,4-5H2,1H3,(H,15,16);/q;+1/p-1/t11?,12?,14?,18-;/m0./s1. The first-order valence-corrected chi connectivity index (χ1v) is 7.18. The Hall–Kier alpha value is -0.603. The third-order valence-corrected chi connectivity index (χ3v) is 5.09. The zero-order valence-corrected chi connectivity index (χ0v) is 11.9. The fourth-order valence-electron chi connectivity index (χ4n) is 2.37. The molecule has 0 bridgehead atoms. The summed E-state index contributed by atoms with van der Waals surface area (Å²) in [4.78, 5) is 11.7. The third-order valence-electron chi connectivity index (χ3n) is 3.56. The summed E-state index contributed by atoms with van der Waals surface area (Å²) in [6.07, 6.45) is 2.08. The number of hydrogen-bond acceptors (Lipinski definition) is 3. The van der Waals surface area contributed by atoms with Gasteiger partial charge in [-0.2, -0.15) is 0 Å². The first-order chi connectivity index (χ1) is 8.59. The van der Waals surface area contributed by atoms with Crippen LogP contribution in [0.3, 0.4) is 0 Å². The summed E-state index contributed by atoms with van der Waals surface area (Å²) in [5.74, 6) is -0.713. The maximum Gasteiger partial charge on any atom is 1.00 e. The quantitative estimate of drug-likeness (QED) is 0.440. The van der Waals surface area contributed by atoms with Crippen LogP contribution in [-0.2, 0) is 15.8 Å². The average Bonchev–Trinajstić information content (AvgIpc) is 3.20. The van der Waals surface area contributed by atoms with Gasteiger partial charge in [0, 0.05) is 6.04 Å². The number of aryl methyl sites for hydroxylation is 1. The van der Waals surface area contributed by atoms with Crippen LogP contribution < -0.4 is 24.0 Å². The average molecular weight is 271 g/mol. The van der Waals surface area contributed by atoms with Crippen LogP contribution in [0.1, 0.15) is 18.4 Å². The molecule has 3 rings (SSSR count). The van der Waals surface area contributed by atoms with Crippen molar-refractivity contribution in [3.63, 3.8) is 0 Å². The molecule has 1 heterocycles. The molecule has 1 saturated carbocycles. The number of carbonyl (C=O) groups excluding carboxylic acids is 1. The van der Waals surface area contributed by atoms with Crippen molar-refractivity contribution in [1.29, 1.82) is 0 Å². The van der Waals surface area contributed by atoms with Gasteiger partial charge in [0.1, 0.15) is 11.0 Å². The van der Waals surface area contributed by atoms with Gasteiger partial charge in [-0.3, -0.25) is 0 Å². The van der Waals surface area contributed by atoms with E-state index in [-0.39, 0.29) is 24.9 Å². The monoisotopic (exact) mass is 271 g/mol. The Bertz CT molecular complexity index is 515. The normalized spacial score (nSPS) is 30.3. The van der Waals surface area contributed by atoms with E-state index >= 15 is 0 Å². The minimum Gasteiger partial charge on any atom is -0.548 e. The second kappa shape index (κ2) is 5.41. The van der Waals surface area contributed by atoms with Crippen molar-refractivity contribution in [1.82, 2.24) is 4.31 Å². The van der Waals surface area contributed by atoms with Crippen molar-refractivity contribution in [2.45, 2.75) is 36.7 Å². The molecule has 4 atom stereocenters. The number of benzene rings is 1. The molecule has 0 aromatic heterocycles. The minimum absolute atomic E-state index is 0. The summed E-state index contributed by atoms with van der Waals surface area (Å²) >= 11 is 0. The SMILES string of the molecule is Cc1ccc([S@](=O)N2C(C(=O)[O-])C2C2CC2)cc1.[Li+]. The fourth-order valence-corrected chi connectivity index (χ4v) is 3.85. The maximum atomic E-state index is 12.3. The molecule has 1 saturated heterocycles. The second-order valence-corrected chi connectivity index (χ2v) is 6.41. The predicted molar refractivity (Wildman–Crippen MR) is 64.7 cm³/mol. The number of aliphatic carboxylic acids is 1. The molecule has 1 aromatic carbocycles. The first-order valence-electron chi connectivity index (χ1n) is 6.07. The van der Waals surface area contributed by atoms with E-state index in [1.54, 1.807) is 16.4 Å². The Morgan fingerprint density at radius 1 is 1.32 bits per heavy atom. The molecule has 4 nitrogen and oxygen atoms in total. The largest absolute Gasteiger partial charge is 1.00 e. The van der Waals surface area contributed by atoms with Crippen LogP contribution in [0.4, 0.5) is 0 Å². The molecule has 19 heavy (non-hydrogen) atoms. The molecule has 1 aromatic rings. The van der Waals surface area contributed by atoms with Gasteiger partial charge in [-0.05, 0) is 37.8 Å². The van der Waals surface area contributed by atoms with Crippen molar-refractivity contribution < 1.29 is 33.0 Å². The molecule has 2 aliphatic rings. The Balaban J connectivity index is 0.00000133. The van der Waals surface area contributed by atoms with Crippen LogP contribution in [0.2, 0.25) is 0 Å². The van der Waals surface area contributed by atoms with E-state index in [2.05, 4.69) is 0 Å². The van der Waals surface area contributed by atoms with Gasteiger partial charge in [-0.15, -0.1) is 0 Å². The zero-order valence-electron chi connectivity index (χ0n) is 11.0. The van der Waals surface area contributed by atoms with Crippen LogP contribution >= 0.6 is 0 Å². The van der Waals surface area contributed by atoms with E-state index in [9.17, 15) is 14.1 Å². The van der Waals surface area contributed by atoms with E-state index in [1.165, 1.54) is 0 Å². The predicted octanol–water partition coefficient (Wildman–Crippen LogP) is -2.77. The Morgan fingerprint density at radius 3 is 2.37 bits per heavy atom. The van der Waals surface area contributed by atoms with Crippen LogP contribution in [0, 0.1) is 12.8 Å². The molecule has 0 spiro atoms. The van der Waals surface area contributed by atoms with Gasteiger partial charge in [0.2, 0.25) is 0 Å². The van der Waals surface area contributed by atoms with Crippen molar-refractivity contribution in [3.05, 3.63) is 29.8 Å². The molecule has 3 unspecified atom stereocenters. The number of carboxylic acids is 1. The van der Waals surface area contributed by atoms with Gasteiger partial charge in [0.15, 0.2) is 0 Å². The second-order valence-electron chi connectivity index (χ2n) is 5.01.